The number of aromatic amines is 1. The molecule has 0 aliphatic rings. The summed E-state index contributed by atoms with van der Waals surface area (Å²) >= 11 is 0. The van der Waals surface area contributed by atoms with Crippen molar-refractivity contribution in [3.8, 4) is 0 Å². The van der Waals surface area contributed by atoms with Crippen molar-refractivity contribution in [2.24, 2.45) is 0 Å². The Morgan fingerprint density at radius 2 is 2.24 bits per heavy atom. The number of aryl methyl sites for hydroxylation is 1. The Labute approximate surface area is 100 Å². The van der Waals surface area contributed by atoms with Gasteiger partial charge < -0.3 is 10.3 Å². The third-order valence-electron chi connectivity index (χ3n) is 2.84. The fourth-order valence-electron chi connectivity index (χ4n) is 1.65. The van der Waals surface area contributed by atoms with Gasteiger partial charge in [0.05, 0.1) is 18.6 Å². The topological polar surface area (TPSA) is 57.8 Å². The summed E-state index contributed by atoms with van der Waals surface area (Å²) in [4.78, 5) is 18.8. The molecule has 2 N–H and O–H groups in total. The Bertz CT molecular complexity index is 517. The van der Waals surface area contributed by atoms with Crippen molar-refractivity contribution < 1.29 is 4.79 Å². The minimum Gasteiger partial charge on any atom is -0.347 e. The van der Waals surface area contributed by atoms with E-state index in [2.05, 4.69) is 15.3 Å². The maximum atomic E-state index is 12.0. The first-order valence-corrected chi connectivity index (χ1v) is 5.50. The fourth-order valence-corrected chi connectivity index (χ4v) is 1.65. The lowest BCUT2D eigenvalue weighted by atomic mass is 10.0. The summed E-state index contributed by atoms with van der Waals surface area (Å²) in [5.41, 5.74) is 3.77. The number of rotatable bonds is 3. The largest absolute Gasteiger partial charge is 0.347 e. The summed E-state index contributed by atoms with van der Waals surface area (Å²) in [5.74, 6) is -0.0548. The Kier molecular flexibility index (Phi) is 3.23. The number of nitrogens with zero attached hydrogens (tertiary/aromatic N) is 1. The van der Waals surface area contributed by atoms with Crippen molar-refractivity contribution in [2.75, 3.05) is 0 Å². The molecule has 1 amide bonds. The number of H-pyrrole nitrogens is 1. The molecule has 4 nitrogen and oxygen atoms in total. The minimum atomic E-state index is -0.0548. The number of amides is 1. The highest BCUT2D eigenvalue weighted by molar-refractivity contribution is 5.95. The molecule has 0 aliphatic heterocycles. The van der Waals surface area contributed by atoms with E-state index in [4.69, 9.17) is 0 Å². The molecule has 0 atom stereocenters. The van der Waals surface area contributed by atoms with E-state index >= 15 is 0 Å². The van der Waals surface area contributed by atoms with Crippen LogP contribution in [0.15, 0.2) is 30.7 Å². The molecule has 17 heavy (non-hydrogen) atoms. The molecule has 0 saturated carbocycles. The van der Waals surface area contributed by atoms with E-state index in [-0.39, 0.29) is 5.91 Å². The number of imidazole rings is 1. The van der Waals surface area contributed by atoms with Crippen molar-refractivity contribution in [3.63, 3.8) is 0 Å². The molecule has 0 saturated heterocycles. The van der Waals surface area contributed by atoms with E-state index in [1.54, 1.807) is 12.5 Å². The van der Waals surface area contributed by atoms with Crippen LogP contribution in [0.25, 0.3) is 0 Å². The summed E-state index contributed by atoms with van der Waals surface area (Å²) in [6, 6.07) is 5.74. The van der Waals surface area contributed by atoms with Crippen molar-refractivity contribution >= 4 is 5.91 Å². The van der Waals surface area contributed by atoms with Gasteiger partial charge in [-0.05, 0) is 31.0 Å². The number of hydrogen-bond acceptors (Lipinski definition) is 2. The molecule has 0 fully saturated rings. The molecule has 0 unspecified atom stereocenters. The predicted molar refractivity (Wildman–Crippen MR) is 65.7 cm³/mol. The molecule has 2 rings (SSSR count). The van der Waals surface area contributed by atoms with E-state index in [0.717, 1.165) is 22.4 Å². The van der Waals surface area contributed by atoms with Crippen molar-refractivity contribution in [3.05, 3.63) is 53.1 Å². The molecular weight excluding hydrogens is 214 g/mol. The third-order valence-corrected chi connectivity index (χ3v) is 2.84. The first kappa shape index (κ1) is 11.4. The molecule has 4 heteroatoms. The van der Waals surface area contributed by atoms with Crippen LogP contribution in [-0.4, -0.2) is 15.9 Å². The van der Waals surface area contributed by atoms with E-state index in [1.165, 1.54) is 0 Å². The molecule has 0 spiro atoms. The van der Waals surface area contributed by atoms with Crippen LogP contribution in [-0.2, 0) is 6.54 Å². The molecule has 0 bridgehead atoms. The van der Waals surface area contributed by atoms with Gasteiger partial charge in [0.15, 0.2) is 0 Å². The normalized spacial score (nSPS) is 10.2. The smallest absolute Gasteiger partial charge is 0.251 e. The number of hydrogen-bond donors (Lipinski definition) is 2. The highest BCUT2D eigenvalue weighted by atomic mass is 16.1. The summed E-state index contributed by atoms with van der Waals surface area (Å²) in [5, 5.41) is 2.86. The minimum absolute atomic E-state index is 0.0548. The number of nitrogens with one attached hydrogen (secondary N) is 2. The molecule has 1 aromatic heterocycles. The van der Waals surface area contributed by atoms with Gasteiger partial charge in [0.25, 0.3) is 5.91 Å². The summed E-state index contributed by atoms with van der Waals surface area (Å²) in [6.45, 7) is 4.42. The van der Waals surface area contributed by atoms with Crippen LogP contribution in [0.4, 0.5) is 0 Å². The van der Waals surface area contributed by atoms with Crippen LogP contribution in [0.3, 0.4) is 0 Å². The van der Waals surface area contributed by atoms with Crippen molar-refractivity contribution in [2.45, 2.75) is 20.4 Å². The zero-order chi connectivity index (χ0) is 12.3. The Balaban J connectivity index is 2.07. The monoisotopic (exact) mass is 229 g/mol. The van der Waals surface area contributed by atoms with Gasteiger partial charge in [0.2, 0.25) is 0 Å². The van der Waals surface area contributed by atoms with E-state index in [1.807, 2.05) is 32.0 Å². The van der Waals surface area contributed by atoms with Crippen LogP contribution in [0.5, 0.6) is 0 Å². The van der Waals surface area contributed by atoms with Crippen molar-refractivity contribution in [1.29, 1.82) is 0 Å². The zero-order valence-electron chi connectivity index (χ0n) is 9.95. The summed E-state index contributed by atoms with van der Waals surface area (Å²) in [7, 11) is 0. The molecular formula is C13H15N3O. The van der Waals surface area contributed by atoms with E-state index in [0.29, 0.717) is 6.54 Å². The summed E-state index contributed by atoms with van der Waals surface area (Å²) < 4.78 is 0. The van der Waals surface area contributed by atoms with Gasteiger partial charge in [-0.2, -0.15) is 0 Å². The first-order valence-electron chi connectivity index (χ1n) is 5.50. The number of carbonyl (C=O) groups is 1. The Hall–Kier alpha value is -2.10. The van der Waals surface area contributed by atoms with Gasteiger partial charge in [0.1, 0.15) is 0 Å². The average molecular weight is 229 g/mol. The van der Waals surface area contributed by atoms with Gasteiger partial charge in [-0.3, -0.25) is 4.79 Å². The number of benzene rings is 1. The van der Waals surface area contributed by atoms with Crippen LogP contribution in [0.1, 0.15) is 27.2 Å². The SMILES string of the molecule is Cc1cccc(C(=O)NCc2cnc[nH]2)c1C. The molecule has 0 radical (unpaired) electrons. The van der Waals surface area contributed by atoms with Gasteiger partial charge in [-0.15, -0.1) is 0 Å². The van der Waals surface area contributed by atoms with E-state index < -0.39 is 0 Å². The zero-order valence-corrected chi connectivity index (χ0v) is 9.95. The third kappa shape index (κ3) is 2.53. The standard InChI is InChI=1S/C13H15N3O/c1-9-4-3-5-12(10(9)2)13(17)15-7-11-6-14-8-16-11/h3-6,8H,7H2,1-2H3,(H,14,16)(H,15,17). The maximum Gasteiger partial charge on any atom is 0.251 e. The molecule has 0 aliphatic carbocycles. The molecule has 2 aromatic rings. The van der Waals surface area contributed by atoms with Crippen molar-refractivity contribution in [1.82, 2.24) is 15.3 Å². The highest BCUT2D eigenvalue weighted by Crippen LogP contribution is 2.12. The number of aromatic nitrogens is 2. The Morgan fingerprint density at radius 3 is 2.94 bits per heavy atom. The molecule has 1 aromatic carbocycles. The second-order valence-electron chi connectivity index (χ2n) is 4.01. The first-order chi connectivity index (χ1) is 8.18. The quantitative estimate of drug-likeness (QED) is 0.845. The maximum absolute atomic E-state index is 12.0. The van der Waals surface area contributed by atoms with Gasteiger partial charge in [0, 0.05) is 11.8 Å². The molecule has 88 valence electrons. The van der Waals surface area contributed by atoms with Crippen LogP contribution in [0, 0.1) is 13.8 Å². The lowest BCUT2D eigenvalue weighted by Gasteiger charge is -2.08. The van der Waals surface area contributed by atoms with Crippen LogP contribution >= 0.6 is 0 Å². The number of carbonyl (C=O) groups excluding carboxylic acids is 1. The lowest BCUT2D eigenvalue weighted by Crippen LogP contribution is -2.23. The lowest BCUT2D eigenvalue weighted by molar-refractivity contribution is 0.0950. The van der Waals surface area contributed by atoms with Gasteiger partial charge >= 0.3 is 0 Å². The van der Waals surface area contributed by atoms with Gasteiger partial charge in [-0.25, -0.2) is 4.98 Å². The highest BCUT2D eigenvalue weighted by Gasteiger charge is 2.09. The van der Waals surface area contributed by atoms with Gasteiger partial charge in [-0.1, -0.05) is 12.1 Å². The average Bonchev–Trinajstić information content (AvgIpc) is 2.82. The second kappa shape index (κ2) is 4.82. The van der Waals surface area contributed by atoms with Crippen LogP contribution in [0.2, 0.25) is 0 Å². The predicted octanol–water partition coefficient (Wildman–Crippen LogP) is 1.96. The van der Waals surface area contributed by atoms with E-state index in [9.17, 15) is 4.79 Å². The van der Waals surface area contributed by atoms with Crippen LogP contribution < -0.4 is 5.32 Å². The Morgan fingerprint density at radius 1 is 1.41 bits per heavy atom. The molecule has 1 heterocycles. The second-order valence-corrected chi connectivity index (χ2v) is 4.01. The summed E-state index contributed by atoms with van der Waals surface area (Å²) in [6.07, 6.45) is 3.29. The fraction of sp³-hybridized carbons (Fsp3) is 0.231.